The maximum atomic E-state index is 10.9. The molecule has 3 nitrogen and oxygen atoms in total. The standard InChI is InChI=1S/C8H10O3/c1-3-6-5(2)4-7(9)11-8(6)10/h3-4H2,1-2H3. The fourth-order valence-electron chi connectivity index (χ4n) is 1.14. The van der Waals surface area contributed by atoms with E-state index in [-0.39, 0.29) is 6.42 Å². The number of cyclic esters (lactones) is 2. The van der Waals surface area contributed by atoms with Gasteiger partial charge in [-0.2, -0.15) is 0 Å². The van der Waals surface area contributed by atoms with Crippen LogP contribution < -0.4 is 0 Å². The van der Waals surface area contributed by atoms with Crippen molar-refractivity contribution in [2.45, 2.75) is 26.7 Å². The lowest BCUT2D eigenvalue weighted by Gasteiger charge is -2.13. The molecule has 0 radical (unpaired) electrons. The highest BCUT2D eigenvalue weighted by Gasteiger charge is 2.23. The van der Waals surface area contributed by atoms with Crippen LogP contribution in [-0.4, -0.2) is 11.9 Å². The Labute approximate surface area is 65.0 Å². The van der Waals surface area contributed by atoms with Crippen LogP contribution in [0.15, 0.2) is 11.1 Å². The molecule has 0 bridgehead atoms. The van der Waals surface area contributed by atoms with Crippen molar-refractivity contribution in [3.8, 4) is 0 Å². The molecule has 1 rings (SSSR count). The van der Waals surface area contributed by atoms with E-state index in [1.807, 2.05) is 6.92 Å². The summed E-state index contributed by atoms with van der Waals surface area (Å²) < 4.78 is 4.42. The summed E-state index contributed by atoms with van der Waals surface area (Å²) in [4.78, 5) is 21.6. The molecule has 0 aromatic heterocycles. The molecule has 60 valence electrons. The highest BCUT2D eigenvalue weighted by atomic mass is 16.6. The summed E-state index contributed by atoms with van der Waals surface area (Å²) in [6.07, 6.45) is 0.896. The molecule has 0 N–H and O–H groups in total. The highest BCUT2D eigenvalue weighted by molar-refractivity contribution is 6.00. The summed E-state index contributed by atoms with van der Waals surface area (Å²) in [6, 6.07) is 0. The SMILES string of the molecule is CCC1=C(C)CC(=O)OC1=O. The third-order valence-electron chi connectivity index (χ3n) is 1.73. The topological polar surface area (TPSA) is 43.4 Å². The summed E-state index contributed by atoms with van der Waals surface area (Å²) in [5.41, 5.74) is 1.48. The zero-order chi connectivity index (χ0) is 8.43. The van der Waals surface area contributed by atoms with Gasteiger partial charge in [-0.05, 0) is 13.3 Å². The van der Waals surface area contributed by atoms with Crippen molar-refractivity contribution in [3.63, 3.8) is 0 Å². The maximum Gasteiger partial charge on any atom is 0.341 e. The second-order valence-corrected chi connectivity index (χ2v) is 2.55. The fraction of sp³-hybridized carbons (Fsp3) is 0.500. The van der Waals surface area contributed by atoms with Crippen molar-refractivity contribution >= 4 is 11.9 Å². The van der Waals surface area contributed by atoms with Crippen LogP contribution in [0.2, 0.25) is 0 Å². The van der Waals surface area contributed by atoms with Crippen molar-refractivity contribution in [1.82, 2.24) is 0 Å². The minimum atomic E-state index is -0.471. The molecule has 0 unspecified atom stereocenters. The minimum Gasteiger partial charge on any atom is -0.389 e. The number of rotatable bonds is 1. The molecule has 11 heavy (non-hydrogen) atoms. The van der Waals surface area contributed by atoms with Crippen LogP contribution in [-0.2, 0) is 14.3 Å². The number of hydrogen-bond acceptors (Lipinski definition) is 3. The molecule has 0 aliphatic carbocycles. The van der Waals surface area contributed by atoms with Gasteiger partial charge in [0.2, 0.25) is 0 Å². The summed E-state index contributed by atoms with van der Waals surface area (Å²) in [5, 5.41) is 0. The number of ether oxygens (including phenoxy) is 1. The molecule has 1 heterocycles. The molecule has 3 heteroatoms. The Bertz CT molecular complexity index is 238. The van der Waals surface area contributed by atoms with Gasteiger partial charge < -0.3 is 4.74 Å². The van der Waals surface area contributed by atoms with Gasteiger partial charge in [0.1, 0.15) is 0 Å². The predicted molar refractivity (Wildman–Crippen MR) is 38.7 cm³/mol. The van der Waals surface area contributed by atoms with Crippen LogP contribution >= 0.6 is 0 Å². The number of hydrogen-bond donors (Lipinski definition) is 0. The van der Waals surface area contributed by atoms with Gasteiger partial charge in [-0.1, -0.05) is 12.5 Å². The molecule has 1 aliphatic heterocycles. The van der Waals surface area contributed by atoms with Crippen molar-refractivity contribution in [2.75, 3.05) is 0 Å². The Kier molecular flexibility index (Phi) is 2.08. The van der Waals surface area contributed by atoms with Crippen LogP contribution in [0.1, 0.15) is 26.7 Å². The van der Waals surface area contributed by atoms with Crippen molar-refractivity contribution in [1.29, 1.82) is 0 Å². The lowest BCUT2D eigenvalue weighted by molar-refractivity contribution is -0.157. The zero-order valence-electron chi connectivity index (χ0n) is 6.64. The molecule has 0 fully saturated rings. The van der Waals surface area contributed by atoms with Gasteiger partial charge in [0.05, 0.1) is 6.42 Å². The predicted octanol–water partition coefficient (Wildman–Crippen LogP) is 1.19. The van der Waals surface area contributed by atoms with E-state index in [1.165, 1.54) is 0 Å². The molecule has 0 saturated heterocycles. The van der Waals surface area contributed by atoms with E-state index >= 15 is 0 Å². The number of carbonyl (C=O) groups excluding carboxylic acids is 2. The molecular weight excluding hydrogens is 144 g/mol. The number of carbonyl (C=O) groups is 2. The normalized spacial score (nSPS) is 18.7. The quantitative estimate of drug-likeness (QED) is 0.421. The summed E-state index contributed by atoms with van der Waals surface area (Å²) in [7, 11) is 0. The van der Waals surface area contributed by atoms with E-state index < -0.39 is 11.9 Å². The third-order valence-corrected chi connectivity index (χ3v) is 1.73. The average molecular weight is 154 g/mol. The molecule has 0 atom stereocenters. The van der Waals surface area contributed by atoms with E-state index in [0.717, 1.165) is 5.57 Å². The van der Waals surface area contributed by atoms with Gasteiger partial charge in [-0.3, -0.25) is 4.79 Å². The van der Waals surface area contributed by atoms with Crippen LogP contribution in [0.5, 0.6) is 0 Å². The van der Waals surface area contributed by atoms with Gasteiger partial charge in [0.15, 0.2) is 0 Å². The lowest BCUT2D eigenvalue weighted by Crippen LogP contribution is -2.21. The molecule has 0 aromatic carbocycles. The van der Waals surface area contributed by atoms with E-state index in [4.69, 9.17) is 0 Å². The molecule has 0 aromatic rings. The first-order chi connectivity index (χ1) is 5.15. The largest absolute Gasteiger partial charge is 0.389 e. The van der Waals surface area contributed by atoms with Gasteiger partial charge >= 0.3 is 11.9 Å². The molecule has 0 saturated carbocycles. The Balaban J connectivity index is 2.94. The van der Waals surface area contributed by atoms with Crippen molar-refractivity contribution in [3.05, 3.63) is 11.1 Å². The van der Waals surface area contributed by atoms with Crippen molar-refractivity contribution in [2.24, 2.45) is 0 Å². The molecule has 1 aliphatic rings. The molecular formula is C8H10O3. The smallest absolute Gasteiger partial charge is 0.341 e. The van der Waals surface area contributed by atoms with Gasteiger partial charge in [0, 0.05) is 5.57 Å². The Hall–Kier alpha value is -1.12. The summed E-state index contributed by atoms with van der Waals surface area (Å²) in [6.45, 7) is 3.66. The summed E-state index contributed by atoms with van der Waals surface area (Å²) in [5.74, 6) is -0.911. The molecule has 0 spiro atoms. The van der Waals surface area contributed by atoms with E-state index in [0.29, 0.717) is 12.0 Å². The third kappa shape index (κ3) is 1.48. The van der Waals surface area contributed by atoms with E-state index in [1.54, 1.807) is 6.92 Å². The monoisotopic (exact) mass is 154 g/mol. The van der Waals surface area contributed by atoms with Gasteiger partial charge in [0.25, 0.3) is 0 Å². The average Bonchev–Trinajstić information content (AvgIpc) is 1.85. The number of esters is 2. The van der Waals surface area contributed by atoms with Crippen LogP contribution in [0.4, 0.5) is 0 Å². The second kappa shape index (κ2) is 2.86. The molecule has 0 amide bonds. The van der Waals surface area contributed by atoms with E-state index in [9.17, 15) is 9.59 Å². The maximum absolute atomic E-state index is 10.9. The van der Waals surface area contributed by atoms with Gasteiger partial charge in [-0.25, -0.2) is 4.79 Å². The highest BCUT2D eigenvalue weighted by Crippen LogP contribution is 2.19. The fourth-order valence-corrected chi connectivity index (χ4v) is 1.14. The lowest BCUT2D eigenvalue weighted by atomic mass is 10.0. The van der Waals surface area contributed by atoms with Crippen LogP contribution in [0.3, 0.4) is 0 Å². The minimum absolute atomic E-state index is 0.259. The summed E-state index contributed by atoms with van der Waals surface area (Å²) >= 11 is 0. The zero-order valence-corrected chi connectivity index (χ0v) is 6.64. The first-order valence-corrected chi connectivity index (χ1v) is 3.58. The first kappa shape index (κ1) is 7.98. The van der Waals surface area contributed by atoms with Crippen molar-refractivity contribution < 1.29 is 14.3 Å². The Morgan fingerprint density at radius 2 is 2.09 bits per heavy atom. The Morgan fingerprint density at radius 3 is 2.55 bits per heavy atom. The van der Waals surface area contributed by atoms with Crippen LogP contribution in [0.25, 0.3) is 0 Å². The van der Waals surface area contributed by atoms with Gasteiger partial charge in [-0.15, -0.1) is 0 Å². The van der Waals surface area contributed by atoms with Crippen LogP contribution in [0, 0.1) is 0 Å². The second-order valence-electron chi connectivity index (χ2n) is 2.55. The first-order valence-electron chi connectivity index (χ1n) is 3.58. The van der Waals surface area contributed by atoms with E-state index in [2.05, 4.69) is 4.74 Å². The Morgan fingerprint density at radius 1 is 1.45 bits per heavy atom.